The molecule has 1 heterocycles. The van der Waals surface area contributed by atoms with Crippen LogP contribution in [0.3, 0.4) is 0 Å². The van der Waals surface area contributed by atoms with Gasteiger partial charge in [0.15, 0.2) is 17.5 Å². The number of hydrogen-bond acceptors (Lipinski definition) is 4. The Kier molecular flexibility index (Phi) is 4.85. The van der Waals surface area contributed by atoms with Gasteiger partial charge in [0.05, 0.1) is 13.2 Å². The van der Waals surface area contributed by atoms with E-state index in [1.165, 1.54) is 0 Å². The van der Waals surface area contributed by atoms with E-state index in [0.29, 0.717) is 38.9 Å². The predicted molar refractivity (Wildman–Crippen MR) is 72.6 cm³/mol. The van der Waals surface area contributed by atoms with Crippen molar-refractivity contribution in [3.63, 3.8) is 0 Å². The summed E-state index contributed by atoms with van der Waals surface area (Å²) in [6.07, 6.45) is 0. The van der Waals surface area contributed by atoms with Crippen molar-refractivity contribution in [1.29, 1.82) is 0 Å². The lowest BCUT2D eigenvalue weighted by molar-refractivity contribution is 0.171. The highest BCUT2D eigenvalue weighted by molar-refractivity contribution is 5.77. The van der Waals surface area contributed by atoms with Crippen molar-refractivity contribution in [2.75, 3.05) is 33.5 Å². The van der Waals surface area contributed by atoms with Crippen LogP contribution in [0.5, 0.6) is 11.5 Å². The SMILES string of the molecule is COCCNC(N)=NCc1ccc2c(c1)OCCO2. The van der Waals surface area contributed by atoms with Crippen LogP contribution in [0, 0.1) is 0 Å². The molecule has 6 heteroatoms. The van der Waals surface area contributed by atoms with Crippen LogP contribution in [-0.2, 0) is 11.3 Å². The number of nitrogens with one attached hydrogen (secondary N) is 1. The number of benzene rings is 1. The van der Waals surface area contributed by atoms with Gasteiger partial charge in [-0.1, -0.05) is 6.07 Å². The Hall–Kier alpha value is -1.95. The zero-order valence-electron chi connectivity index (χ0n) is 11.0. The molecule has 0 amide bonds. The molecule has 0 radical (unpaired) electrons. The Labute approximate surface area is 112 Å². The summed E-state index contributed by atoms with van der Waals surface area (Å²) in [5.74, 6) is 1.96. The van der Waals surface area contributed by atoms with Crippen LogP contribution in [-0.4, -0.2) is 39.4 Å². The summed E-state index contributed by atoms with van der Waals surface area (Å²) in [5, 5.41) is 2.96. The Balaban J connectivity index is 1.90. The first-order chi connectivity index (χ1) is 9.29. The zero-order valence-corrected chi connectivity index (χ0v) is 11.0. The maximum atomic E-state index is 5.73. The van der Waals surface area contributed by atoms with Gasteiger partial charge in [-0.05, 0) is 17.7 Å². The third kappa shape index (κ3) is 4.03. The van der Waals surface area contributed by atoms with E-state index in [1.54, 1.807) is 7.11 Å². The third-order valence-corrected chi connectivity index (χ3v) is 2.65. The Morgan fingerprint density at radius 3 is 2.95 bits per heavy atom. The minimum atomic E-state index is 0.409. The first-order valence-corrected chi connectivity index (χ1v) is 6.21. The standard InChI is InChI=1S/C13H19N3O3/c1-17-5-4-15-13(14)16-9-10-2-3-11-12(8-10)19-7-6-18-11/h2-3,8H,4-7,9H2,1H3,(H3,14,15,16). The van der Waals surface area contributed by atoms with Gasteiger partial charge in [0.2, 0.25) is 0 Å². The lowest BCUT2D eigenvalue weighted by atomic mass is 10.2. The van der Waals surface area contributed by atoms with Crippen molar-refractivity contribution in [3.05, 3.63) is 23.8 Å². The van der Waals surface area contributed by atoms with E-state index in [9.17, 15) is 0 Å². The number of rotatable bonds is 5. The molecule has 0 fully saturated rings. The molecule has 0 spiro atoms. The Morgan fingerprint density at radius 2 is 2.16 bits per heavy atom. The summed E-state index contributed by atoms with van der Waals surface area (Å²) in [6, 6.07) is 5.79. The fourth-order valence-electron chi connectivity index (χ4n) is 1.70. The fourth-order valence-corrected chi connectivity index (χ4v) is 1.70. The number of methoxy groups -OCH3 is 1. The van der Waals surface area contributed by atoms with Crippen LogP contribution in [0.2, 0.25) is 0 Å². The molecule has 0 atom stereocenters. The molecular formula is C13H19N3O3. The quantitative estimate of drug-likeness (QED) is 0.461. The molecule has 3 N–H and O–H groups in total. The minimum absolute atomic E-state index is 0.409. The van der Waals surface area contributed by atoms with Gasteiger partial charge in [-0.25, -0.2) is 4.99 Å². The molecule has 1 aromatic rings. The van der Waals surface area contributed by atoms with Crippen LogP contribution in [0.15, 0.2) is 23.2 Å². The first kappa shape index (κ1) is 13.5. The van der Waals surface area contributed by atoms with Crippen molar-refractivity contribution < 1.29 is 14.2 Å². The normalized spacial score (nSPS) is 14.3. The lowest BCUT2D eigenvalue weighted by Crippen LogP contribution is -2.34. The Morgan fingerprint density at radius 1 is 1.37 bits per heavy atom. The predicted octanol–water partition coefficient (Wildman–Crippen LogP) is 0.508. The van der Waals surface area contributed by atoms with Crippen LogP contribution in [0.25, 0.3) is 0 Å². The molecule has 2 rings (SSSR count). The van der Waals surface area contributed by atoms with E-state index in [0.717, 1.165) is 17.1 Å². The van der Waals surface area contributed by atoms with Crippen molar-refractivity contribution in [2.45, 2.75) is 6.54 Å². The molecule has 0 saturated heterocycles. The van der Waals surface area contributed by atoms with Gasteiger partial charge < -0.3 is 25.3 Å². The van der Waals surface area contributed by atoms with Gasteiger partial charge in [0.25, 0.3) is 0 Å². The van der Waals surface area contributed by atoms with Gasteiger partial charge >= 0.3 is 0 Å². The van der Waals surface area contributed by atoms with E-state index in [4.69, 9.17) is 19.9 Å². The van der Waals surface area contributed by atoms with Gasteiger partial charge in [0, 0.05) is 13.7 Å². The Bertz CT molecular complexity index is 449. The lowest BCUT2D eigenvalue weighted by Gasteiger charge is -2.18. The molecule has 0 aromatic heterocycles. The summed E-state index contributed by atoms with van der Waals surface area (Å²) >= 11 is 0. The van der Waals surface area contributed by atoms with Gasteiger partial charge in [-0.2, -0.15) is 0 Å². The third-order valence-electron chi connectivity index (χ3n) is 2.65. The maximum Gasteiger partial charge on any atom is 0.188 e. The van der Waals surface area contributed by atoms with Crippen molar-refractivity contribution in [3.8, 4) is 11.5 Å². The average molecular weight is 265 g/mol. The van der Waals surface area contributed by atoms with Crippen LogP contribution in [0.1, 0.15) is 5.56 Å². The largest absolute Gasteiger partial charge is 0.486 e. The number of ether oxygens (including phenoxy) is 3. The van der Waals surface area contributed by atoms with E-state index in [-0.39, 0.29) is 0 Å². The molecule has 0 saturated carbocycles. The molecule has 19 heavy (non-hydrogen) atoms. The summed E-state index contributed by atoms with van der Waals surface area (Å²) in [7, 11) is 1.64. The molecule has 0 unspecified atom stereocenters. The number of hydrogen-bond donors (Lipinski definition) is 2. The fraction of sp³-hybridized carbons (Fsp3) is 0.462. The van der Waals surface area contributed by atoms with Crippen molar-refractivity contribution in [1.82, 2.24) is 5.32 Å². The van der Waals surface area contributed by atoms with Crippen molar-refractivity contribution >= 4 is 5.96 Å². The molecule has 0 bridgehead atoms. The molecular weight excluding hydrogens is 246 g/mol. The van der Waals surface area contributed by atoms with E-state index in [2.05, 4.69) is 10.3 Å². The smallest absolute Gasteiger partial charge is 0.188 e. The highest BCUT2D eigenvalue weighted by atomic mass is 16.6. The second-order valence-corrected chi connectivity index (χ2v) is 4.10. The van der Waals surface area contributed by atoms with Crippen LogP contribution in [0.4, 0.5) is 0 Å². The molecule has 1 aliphatic heterocycles. The molecule has 104 valence electrons. The van der Waals surface area contributed by atoms with Gasteiger partial charge in [-0.3, -0.25) is 0 Å². The van der Waals surface area contributed by atoms with E-state index < -0.39 is 0 Å². The van der Waals surface area contributed by atoms with E-state index in [1.807, 2.05) is 18.2 Å². The minimum Gasteiger partial charge on any atom is -0.486 e. The highest BCUT2D eigenvalue weighted by Gasteiger charge is 2.11. The molecule has 1 aromatic carbocycles. The number of nitrogens with two attached hydrogens (primary N) is 1. The molecule has 6 nitrogen and oxygen atoms in total. The molecule has 1 aliphatic rings. The second-order valence-electron chi connectivity index (χ2n) is 4.10. The summed E-state index contributed by atoms with van der Waals surface area (Å²) in [4.78, 5) is 4.25. The van der Waals surface area contributed by atoms with Crippen molar-refractivity contribution in [2.24, 2.45) is 10.7 Å². The number of aliphatic imine (C=N–C) groups is 1. The second kappa shape index (κ2) is 6.84. The van der Waals surface area contributed by atoms with E-state index >= 15 is 0 Å². The number of nitrogens with zero attached hydrogens (tertiary/aromatic N) is 1. The molecule has 0 aliphatic carbocycles. The monoisotopic (exact) mass is 265 g/mol. The van der Waals surface area contributed by atoms with Gasteiger partial charge in [-0.15, -0.1) is 0 Å². The van der Waals surface area contributed by atoms with Crippen LogP contribution < -0.4 is 20.5 Å². The topological polar surface area (TPSA) is 78.1 Å². The number of fused-ring (bicyclic) bond motifs is 1. The summed E-state index contributed by atoms with van der Waals surface area (Å²) < 4.78 is 15.9. The first-order valence-electron chi connectivity index (χ1n) is 6.21. The summed E-state index contributed by atoms with van der Waals surface area (Å²) in [6.45, 7) is 2.93. The highest BCUT2D eigenvalue weighted by Crippen LogP contribution is 2.30. The average Bonchev–Trinajstić information content (AvgIpc) is 2.45. The summed E-state index contributed by atoms with van der Waals surface area (Å²) in [5.41, 5.74) is 6.76. The zero-order chi connectivity index (χ0) is 13.5. The maximum absolute atomic E-state index is 5.73. The number of guanidine groups is 1. The van der Waals surface area contributed by atoms with Crippen LogP contribution >= 0.6 is 0 Å². The van der Waals surface area contributed by atoms with Gasteiger partial charge in [0.1, 0.15) is 13.2 Å².